The Morgan fingerprint density at radius 1 is 1.53 bits per heavy atom. The summed E-state index contributed by atoms with van der Waals surface area (Å²) in [6.07, 6.45) is 4.14. The topological polar surface area (TPSA) is 50.2 Å². The van der Waals surface area contributed by atoms with Gasteiger partial charge in [-0.25, -0.2) is 0 Å². The lowest BCUT2D eigenvalue weighted by Gasteiger charge is -2.23. The van der Waals surface area contributed by atoms with Crippen molar-refractivity contribution in [2.45, 2.75) is 45.3 Å². The number of piperidine rings is 1. The normalized spacial score (nSPS) is 27.1. The highest BCUT2D eigenvalue weighted by Gasteiger charge is 2.41. The monoisotopic (exact) mass is 262 g/mol. The molecule has 0 radical (unpaired) electrons. The van der Waals surface area contributed by atoms with Crippen LogP contribution >= 0.6 is 0 Å². The van der Waals surface area contributed by atoms with E-state index in [1.165, 1.54) is 0 Å². The molecule has 2 fully saturated rings. The molecule has 2 atom stereocenters. The van der Waals surface area contributed by atoms with Gasteiger partial charge in [-0.05, 0) is 39.3 Å². The van der Waals surface area contributed by atoms with Gasteiger partial charge in [0.2, 0.25) is 5.91 Å². The lowest BCUT2D eigenvalue weighted by molar-refractivity contribution is -0.132. The highest BCUT2D eigenvalue weighted by atomic mass is 16.2. The Kier molecular flexibility index (Phi) is 3.31. The van der Waals surface area contributed by atoms with Crippen LogP contribution in [0.3, 0.4) is 0 Å². The van der Waals surface area contributed by atoms with E-state index in [2.05, 4.69) is 24.3 Å². The van der Waals surface area contributed by atoms with Gasteiger partial charge in [0.1, 0.15) is 0 Å². The number of rotatable bonds is 3. The molecule has 1 N–H and O–H groups in total. The molecule has 104 valence electrons. The van der Waals surface area contributed by atoms with E-state index in [1.54, 1.807) is 0 Å². The van der Waals surface area contributed by atoms with E-state index >= 15 is 0 Å². The zero-order valence-corrected chi connectivity index (χ0v) is 11.7. The molecule has 5 nitrogen and oxygen atoms in total. The molecular formula is C14H22N4O. The summed E-state index contributed by atoms with van der Waals surface area (Å²) in [6.45, 7) is 6.74. The van der Waals surface area contributed by atoms with Gasteiger partial charge in [-0.2, -0.15) is 5.10 Å². The van der Waals surface area contributed by atoms with E-state index in [4.69, 9.17) is 0 Å². The Morgan fingerprint density at radius 2 is 2.37 bits per heavy atom. The SMILES string of the molecule is CC(C)n1ccc(CN2CC3NCCCC3C2=O)n1. The zero-order valence-electron chi connectivity index (χ0n) is 11.7. The number of nitrogens with one attached hydrogen (secondary N) is 1. The molecule has 5 heteroatoms. The summed E-state index contributed by atoms with van der Waals surface area (Å²) in [7, 11) is 0. The molecule has 0 aliphatic carbocycles. The molecule has 3 rings (SSSR count). The van der Waals surface area contributed by atoms with Gasteiger partial charge in [-0.3, -0.25) is 9.48 Å². The van der Waals surface area contributed by atoms with Crippen molar-refractivity contribution in [2.24, 2.45) is 5.92 Å². The standard InChI is InChI=1S/C14H22N4O/c1-10(2)18-7-5-11(16-18)8-17-9-13-12(14(17)19)4-3-6-15-13/h5,7,10,12-13,15H,3-4,6,8-9H2,1-2H3. The van der Waals surface area contributed by atoms with Crippen LogP contribution in [0.4, 0.5) is 0 Å². The lowest BCUT2D eigenvalue weighted by atomic mass is 9.94. The summed E-state index contributed by atoms with van der Waals surface area (Å²) < 4.78 is 1.95. The maximum absolute atomic E-state index is 12.3. The van der Waals surface area contributed by atoms with Gasteiger partial charge in [0.15, 0.2) is 0 Å². The largest absolute Gasteiger partial charge is 0.335 e. The van der Waals surface area contributed by atoms with E-state index in [9.17, 15) is 4.79 Å². The number of fused-ring (bicyclic) bond motifs is 1. The predicted molar refractivity (Wildman–Crippen MR) is 72.5 cm³/mol. The van der Waals surface area contributed by atoms with Crippen LogP contribution in [0.5, 0.6) is 0 Å². The maximum Gasteiger partial charge on any atom is 0.227 e. The first-order chi connectivity index (χ1) is 9.15. The smallest absolute Gasteiger partial charge is 0.227 e. The molecule has 0 aromatic carbocycles. The molecule has 2 aliphatic heterocycles. The summed E-state index contributed by atoms with van der Waals surface area (Å²) in [6, 6.07) is 2.74. The molecule has 2 aliphatic rings. The summed E-state index contributed by atoms with van der Waals surface area (Å²) in [5.41, 5.74) is 0.987. The second-order valence-electron chi connectivity index (χ2n) is 5.91. The number of carbonyl (C=O) groups excluding carboxylic acids is 1. The fourth-order valence-corrected chi connectivity index (χ4v) is 3.09. The first kappa shape index (κ1) is 12.7. The van der Waals surface area contributed by atoms with Crippen LogP contribution in [-0.4, -0.2) is 39.7 Å². The van der Waals surface area contributed by atoms with Gasteiger partial charge in [-0.15, -0.1) is 0 Å². The Labute approximate surface area is 114 Å². The van der Waals surface area contributed by atoms with Crippen LogP contribution in [0.1, 0.15) is 38.4 Å². The average molecular weight is 262 g/mol. The Balaban J connectivity index is 1.68. The minimum atomic E-state index is 0.195. The first-order valence-corrected chi connectivity index (χ1v) is 7.21. The quantitative estimate of drug-likeness (QED) is 0.889. The number of carbonyl (C=O) groups is 1. The van der Waals surface area contributed by atoms with Crippen molar-refractivity contribution in [2.75, 3.05) is 13.1 Å². The third kappa shape index (κ3) is 2.39. The van der Waals surface area contributed by atoms with Crippen LogP contribution in [0, 0.1) is 5.92 Å². The Morgan fingerprint density at radius 3 is 3.05 bits per heavy atom. The van der Waals surface area contributed by atoms with Crippen molar-refractivity contribution >= 4 is 5.91 Å². The van der Waals surface area contributed by atoms with E-state index in [-0.39, 0.29) is 5.92 Å². The predicted octanol–water partition coefficient (Wildman–Crippen LogP) is 1.17. The van der Waals surface area contributed by atoms with Crippen molar-refractivity contribution in [3.05, 3.63) is 18.0 Å². The fourth-order valence-electron chi connectivity index (χ4n) is 3.09. The molecule has 19 heavy (non-hydrogen) atoms. The molecule has 2 unspecified atom stereocenters. The van der Waals surface area contributed by atoms with Crippen LogP contribution in [-0.2, 0) is 11.3 Å². The molecular weight excluding hydrogens is 240 g/mol. The number of hydrogen-bond acceptors (Lipinski definition) is 3. The van der Waals surface area contributed by atoms with Gasteiger partial charge in [0, 0.05) is 24.8 Å². The van der Waals surface area contributed by atoms with Crippen LogP contribution in [0.2, 0.25) is 0 Å². The van der Waals surface area contributed by atoms with Gasteiger partial charge < -0.3 is 10.2 Å². The molecule has 1 aromatic heterocycles. The van der Waals surface area contributed by atoms with Gasteiger partial charge in [0.05, 0.1) is 18.2 Å². The average Bonchev–Trinajstić information content (AvgIpc) is 2.97. The number of likely N-dealkylation sites (tertiary alicyclic amines) is 1. The maximum atomic E-state index is 12.3. The third-order valence-electron chi connectivity index (χ3n) is 4.18. The molecule has 0 spiro atoms. The van der Waals surface area contributed by atoms with E-state index in [1.807, 2.05) is 21.8 Å². The van der Waals surface area contributed by atoms with E-state index in [0.29, 0.717) is 24.5 Å². The molecule has 3 heterocycles. The summed E-state index contributed by atoms with van der Waals surface area (Å²) in [4.78, 5) is 14.3. The minimum Gasteiger partial charge on any atom is -0.335 e. The van der Waals surface area contributed by atoms with Crippen molar-refractivity contribution in [3.63, 3.8) is 0 Å². The van der Waals surface area contributed by atoms with Crippen molar-refractivity contribution in [3.8, 4) is 0 Å². The van der Waals surface area contributed by atoms with Crippen molar-refractivity contribution < 1.29 is 4.79 Å². The molecule has 2 saturated heterocycles. The molecule has 1 amide bonds. The van der Waals surface area contributed by atoms with Gasteiger partial charge >= 0.3 is 0 Å². The lowest BCUT2D eigenvalue weighted by Crippen LogP contribution is -2.41. The summed E-state index contributed by atoms with van der Waals surface area (Å²) >= 11 is 0. The zero-order chi connectivity index (χ0) is 13.4. The molecule has 0 saturated carbocycles. The summed E-state index contributed by atoms with van der Waals surface area (Å²) in [5, 5.41) is 7.99. The van der Waals surface area contributed by atoms with Crippen LogP contribution in [0.25, 0.3) is 0 Å². The number of nitrogens with zero attached hydrogens (tertiary/aromatic N) is 3. The second-order valence-corrected chi connectivity index (χ2v) is 5.91. The third-order valence-corrected chi connectivity index (χ3v) is 4.18. The van der Waals surface area contributed by atoms with Gasteiger partial charge in [0.25, 0.3) is 0 Å². The minimum absolute atomic E-state index is 0.195. The molecule has 0 bridgehead atoms. The van der Waals surface area contributed by atoms with Crippen LogP contribution in [0.15, 0.2) is 12.3 Å². The van der Waals surface area contributed by atoms with E-state index < -0.39 is 0 Å². The highest BCUT2D eigenvalue weighted by Crippen LogP contribution is 2.27. The number of hydrogen-bond donors (Lipinski definition) is 1. The van der Waals surface area contributed by atoms with Crippen molar-refractivity contribution in [1.29, 1.82) is 0 Å². The van der Waals surface area contributed by atoms with E-state index in [0.717, 1.165) is 31.6 Å². The Hall–Kier alpha value is -1.36. The second kappa shape index (κ2) is 4.96. The summed E-state index contributed by atoms with van der Waals surface area (Å²) in [5.74, 6) is 0.497. The fraction of sp³-hybridized carbons (Fsp3) is 0.714. The number of amides is 1. The molecule has 1 aromatic rings. The Bertz CT molecular complexity index is 468. The highest BCUT2D eigenvalue weighted by molar-refractivity contribution is 5.82. The first-order valence-electron chi connectivity index (χ1n) is 7.21. The van der Waals surface area contributed by atoms with Gasteiger partial charge in [-0.1, -0.05) is 0 Å². The van der Waals surface area contributed by atoms with Crippen molar-refractivity contribution in [1.82, 2.24) is 20.0 Å². The van der Waals surface area contributed by atoms with Crippen LogP contribution < -0.4 is 5.32 Å². The number of aromatic nitrogens is 2.